The molecule has 2 amide bonds. The largest absolute Gasteiger partial charge is 0.549 e. The Kier molecular flexibility index (Phi) is 7.36. The molecule has 4 rings (SSSR count). The highest BCUT2D eigenvalue weighted by atomic mass is 32.2. The number of thioether (sulfide) groups is 2. The molecule has 15 nitrogen and oxygen atoms in total. The number of aromatic nitrogens is 4. The third kappa shape index (κ3) is 4.96. The van der Waals surface area contributed by atoms with Gasteiger partial charge in [0.05, 0.1) is 5.97 Å². The molecule has 2 fully saturated rings. The third-order valence-corrected chi connectivity index (χ3v) is 8.73. The lowest BCUT2D eigenvalue weighted by atomic mass is 9.89. The number of nitrogens with zero attached hydrogens (tertiary/aromatic N) is 6. The topological polar surface area (TPSA) is 232 Å². The number of carbonyl (C=O) groups is 3. The van der Waals surface area contributed by atoms with E-state index in [0.717, 1.165) is 23.3 Å². The van der Waals surface area contributed by atoms with Crippen molar-refractivity contribution in [1.29, 1.82) is 0 Å². The number of carboxylic acids is 1. The van der Waals surface area contributed by atoms with E-state index in [9.17, 15) is 19.5 Å². The van der Waals surface area contributed by atoms with E-state index in [2.05, 4.69) is 24.8 Å². The Hall–Kier alpha value is -3.38. The summed E-state index contributed by atoms with van der Waals surface area (Å²) < 4.78 is 5.20. The van der Waals surface area contributed by atoms with Crippen LogP contribution in [0.3, 0.4) is 0 Å². The number of carbonyl (C=O) groups excluding carboxylic acids is 3. The van der Waals surface area contributed by atoms with Crippen LogP contribution >= 0.6 is 35.1 Å². The Labute approximate surface area is 217 Å². The molecule has 0 aliphatic carbocycles. The van der Waals surface area contributed by atoms with Gasteiger partial charge in [0.1, 0.15) is 24.2 Å². The second kappa shape index (κ2) is 10.3. The summed E-state index contributed by atoms with van der Waals surface area (Å²) >= 11 is 3.21. The predicted molar refractivity (Wildman–Crippen MR) is 130 cm³/mol. The van der Waals surface area contributed by atoms with Crippen molar-refractivity contribution >= 4 is 69.5 Å². The van der Waals surface area contributed by atoms with E-state index >= 15 is 0 Å². The van der Waals surface area contributed by atoms with E-state index < -0.39 is 34.6 Å². The summed E-state index contributed by atoms with van der Waals surface area (Å²) in [6.45, 7) is 1.79. The quantitative estimate of drug-likeness (QED) is 0.0454. The highest BCUT2D eigenvalue weighted by Crippen LogP contribution is 2.43. The number of aliphatic carboxylic acids is 1. The van der Waals surface area contributed by atoms with Crippen molar-refractivity contribution < 1.29 is 29.0 Å². The van der Waals surface area contributed by atoms with Gasteiger partial charge in [-0.1, -0.05) is 5.16 Å². The van der Waals surface area contributed by atoms with Crippen molar-refractivity contribution in [3.8, 4) is 0 Å². The Morgan fingerprint density at radius 3 is 2.89 bits per heavy atom. The van der Waals surface area contributed by atoms with Crippen LogP contribution in [0.1, 0.15) is 12.7 Å². The van der Waals surface area contributed by atoms with Crippen molar-refractivity contribution in [1.82, 2.24) is 24.6 Å². The maximum atomic E-state index is 12.9. The molecule has 36 heavy (non-hydrogen) atoms. The van der Waals surface area contributed by atoms with E-state index in [4.69, 9.17) is 22.1 Å². The van der Waals surface area contributed by atoms with Crippen molar-refractivity contribution in [3.05, 3.63) is 18.1 Å². The molecular weight excluding hydrogens is 532 g/mol. The minimum absolute atomic E-state index is 0.0244. The number of amides is 2. The van der Waals surface area contributed by atoms with Crippen LogP contribution in [-0.4, -0.2) is 78.8 Å². The summed E-state index contributed by atoms with van der Waals surface area (Å²) in [6, 6.07) is 0.621. The molecule has 0 bridgehead atoms. The van der Waals surface area contributed by atoms with E-state index in [1.165, 1.54) is 33.6 Å². The van der Waals surface area contributed by atoms with Crippen molar-refractivity contribution in [2.45, 2.75) is 23.5 Å². The molecule has 2 aliphatic rings. The normalized spacial score (nSPS) is 23.5. The third-order valence-electron chi connectivity index (χ3n) is 5.35. The number of fused-ring (bicyclic) bond motifs is 1. The molecular formula is C18H22N10O5S3. The number of hydrogen-bond donors (Lipinski definition) is 4. The maximum Gasteiger partial charge on any atom is 0.384 e. The smallest absolute Gasteiger partial charge is 0.384 e. The molecule has 2 aliphatic heterocycles. The van der Waals surface area contributed by atoms with Crippen LogP contribution < -0.4 is 32.4 Å². The van der Waals surface area contributed by atoms with Gasteiger partial charge < -0.3 is 36.4 Å². The Bertz CT molecular complexity index is 1230. The second-order valence-corrected chi connectivity index (χ2v) is 10.7. The van der Waals surface area contributed by atoms with Gasteiger partial charge in [0.25, 0.3) is 5.91 Å². The first-order valence-corrected chi connectivity index (χ1v) is 13.3. The van der Waals surface area contributed by atoms with Gasteiger partial charge in [0.2, 0.25) is 23.3 Å². The van der Waals surface area contributed by atoms with Crippen LogP contribution in [0.2, 0.25) is 0 Å². The first-order valence-electron chi connectivity index (χ1n) is 10.4. The maximum absolute atomic E-state index is 12.9. The number of anilines is 2. The van der Waals surface area contributed by atoms with Gasteiger partial charge in [-0.25, -0.2) is 0 Å². The molecule has 2 aromatic rings. The fraction of sp³-hybridized carbons (Fsp3) is 0.444. The van der Waals surface area contributed by atoms with Crippen molar-refractivity contribution in [2.24, 2.45) is 10.6 Å². The molecule has 2 saturated heterocycles. The second-order valence-electron chi connectivity index (χ2n) is 7.83. The lowest BCUT2D eigenvalue weighted by Gasteiger charge is -2.55. The zero-order valence-electron chi connectivity index (χ0n) is 18.8. The number of nitrogen functional groups attached to an aromatic ring is 3. The number of oxime groups is 1. The predicted octanol–water partition coefficient (Wildman–Crippen LogP) is -3.23. The summed E-state index contributed by atoms with van der Waals surface area (Å²) in [4.78, 5) is 52.4. The summed E-state index contributed by atoms with van der Waals surface area (Å²) in [6.07, 6.45) is 1.51. The van der Waals surface area contributed by atoms with Gasteiger partial charge in [-0.2, -0.15) is 9.36 Å². The number of hydrogen-bond acceptors (Lipinski definition) is 15. The van der Waals surface area contributed by atoms with Crippen LogP contribution in [0.15, 0.2) is 22.6 Å². The Morgan fingerprint density at radius 2 is 2.22 bits per heavy atom. The molecule has 18 heteroatoms. The van der Waals surface area contributed by atoms with Crippen LogP contribution in [0.25, 0.3) is 0 Å². The van der Waals surface area contributed by atoms with Gasteiger partial charge in [-0.05, 0) is 23.7 Å². The first kappa shape index (κ1) is 25.7. The number of β-lactam (4-membered cyclic amide) rings is 1. The van der Waals surface area contributed by atoms with Crippen LogP contribution in [0.4, 0.5) is 10.9 Å². The monoisotopic (exact) mass is 554 g/mol. The molecule has 4 heterocycles. The lowest BCUT2D eigenvalue weighted by molar-refractivity contribution is -0.682. The molecule has 192 valence electrons. The minimum atomic E-state index is -1.36. The Balaban J connectivity index is 1.44. The van der Waals surface area contributed by atoms with E-state index in [-0.39, 0.29) is 47.1 Å². The summed E-state index contributed by atoms with van der Waals surface area (Å²) in [7, 11) is 0. The molecule has 2 unspecified atom stereocenters. The molecule has 0 spiro atoms. The van der Waals surface area contributed by atoms with Gasteiger partial charge in [-0.15, -0.1) is 16.4 Å². The van der Waals surface area contributed by atoms with Gasteiger partial charge >= 0.3 is 5.16 Å². The fourth-order valence-electron chi connectivity index (χ4n) is 3.49. The molecule has 7 N–H and O–H groups in total. The van der Waals surface area contributed by atoms with E-state index in [0.29, 0.717) is 5.16 Å². The highest BCUT2D eigenvalue weighted by molar-refractivity contribution is 8.00. The summed E-state index contributed by atoms with van der Waals surface area (Å²) in [5, 5.41) is 18.5. The van der Waals surface area contributed by atoms with Crippen LogP contribution in [0.5, 0.6) is 0 Å². The SMILES string of the molecule is CCON=C(C(=O)NC1C(=O)N2CC(CSc3nc(N)cc[n+]3N)(C(=O)[O-])CS[C@H]12)c1nsc(N)n1. The minimum Gasteiger partial charge on any atom is -0.549 e. The fourth-order valence-corrected chi connectivity index (χ4v) is 6.68. The average Bonchev–Trinajstić information content (AvgIpc) is 3.28. The zero-order valence-corrected chi connectivity index (χ0v) is 21.3. The molecule has 0 radical (unpaired) electrons. The van der Waals surface area contributed by atoms with E-state index in [1.54, 1.807) is 6.92 Å². The van der Waals surface area contributed by atoms with Gasteiger partial charge in [0.15, 0.2) is 5.13 Å². The van der Waals surface area contributed by atoms with Crippen LogP contribution in [0, 0.1) is 5.41 Å². The van der Waals surface area contributed by atoms with Crippen LogP contribution in [-0.2, 0) is 19.2 Å². The number of nitrogens with one attached hydrogen (secondary N) is 1. The standard InChI is InChI=1S/C18H22N10O5S3/c1-2-33-25-9(11-24-16(20)36-26-11)12(29)23-10-13(30)27-5-18(15(31)32,6-34-14(10)27)7-35-17-22-8(19)3-4-28(17)21/h3-4,10,14,19H,2,5-7,21H2,1H3,(H4,20,23,24,26,29,31,32)/t10?,14-,18?/m1/s1. The number of carboxylic acid groups (broad SMARTS) is 1. The van der Waals surface area contributed by atoms with Crippen molar-refractivity contribution in [2.75, 3.05) is 42.0 Å². The molecule has 3 atom stereocenters. The first-order chi connectivity index (χ1) is 17.1. The molecule has 0 aromatic carbocycles. The van der Waals surface area contributed by atoms with Gasteiger partial charge in [0, 0.05) is 41.1 Å². The molecule has 2 aromatic heterocycles. The number of nitrogens with two attached hydrogens (primary N) is 3. The Morgan fingerprint density at radius 1 is 1.44 bits per heavy atom. The zero-order chi connectivity index (χ0) is 26.0. The van der Waals surface area contributed by atoms with E-state index in [1.807, 2.05) is 0 Å². The number of rotatable bonds is 9. The summed E-state index contributed by atoms with van der Waals surface area (Å²) in [5.41, 5.74) is 9.71. The van der Waals surface area contributed by atoms with Crippen molar-refractivity contribution in [3.63, 3.8) is 0 Å². The highest BCUT2D eigenvalue weighted by Gasteiger charge is 2.56. The van der Waals surface area contributed by atoms with Gasteiger partial charge in [-0.3, -0.25) is 15.4 Å². The lowest BCUT2D eigenvalue weighted by Crippen LogP contribution is -2.75. The average molecular weight is 555 g/mol. The molecule has 0 saturated carbocycles. The summed E-state index contributed by atoms with van der Waals surface area (Å²) in [5.74, 6) is 3.79.